The number of nitrogens with zero attached hydrogens (tertiary/aromatic N) is 2. The van der Waals surface area contributed by atoms with Gasteiger partial charge in [-0.25, -0.2) is 0 Å². The molecule has 2 rings (SSSR count). The van der Waals surface area contributed by atoms with Crippen LogP contribution in [0, 0.1) is 5.41 Å². The first-order chi connectivity index (χ1) is 9.01. The zero-order chi connectivity index (χ0) is 13.9. The Bertz CT molecular complexity index is 405. The average Bonchev–Trinajstić information content (AvgIpc) is 2.86. The molecule has 0 amide bonds. The van der Waals surface area contributed by atoms with Crippen molar-refractivity contribution in [2.45, 2.75) is 58.5 Å². The second-order valence-electron chi connectivity index (χ2n) is 6.21. The highest BCUT2D eigenvalue weighted by molar-refractivity contribution is 5.20. The third-order valence-electron chi connectivity index (χ3n) is 4.16. The fourth-order valence-electron chi connectivity index (χ4n) is 2.56. The minimum absolute atomic E-state index is 0.370. The summed E-state index contributed by atoms with van der Waals surface area (Å²) in [6.07, 6.45) is 5.16. The lowest BCUT2D eigenvalue weighted by molar-refractivity contribution is -0.0740. The minimum atomic E-state index is -0.370. The third kappa shape index (κ3) is 3.08. The van der Waals surface area contributed by atoms with Crippen molar-refractivity contribution in [3.8, 4) is 0 Å². The molecule has 1 saturated carbocycles. The van der Waals surface area contributed by atoms with Gasteiger partial charge in [-0.3, -0.25) is 0 Å². The predicted octanol–water partition coefficient (Wildman–Crippen LogP) is 3.33. The Labute approximate surface area is 115 Å². The monoisotopic (exact) mass is 267 g/mol. The van der Waals surface area contributed by atoms with E-state index >= 15 is 0 Å². The van der Waals surface area contributed by atoms with E-state index in [0.29, 0.717) is 17.3 Å². The van der Waals surface area contributed by atoms with E-state index < -0.39 is 0 Å². The first kappa shape index (κ1) is 14.3. The molecule has 108 valence electrons. The van der Waals surface area contributed by atoms with Crippen LogP contribution in [-0.2, 0) is 10.3 Å². The van der Waals surface area contributed by atoms with Crippen LogP contribution in [0.15, 0.2) is 4.52 Å². The molecular formula is C14H25N3O2. The number of aromatic nitrogens is 2. The number of anilines is 1. The van der Waals surface area contributed by atoms with Gasteiger partial charge in [0.05, 0.1) is 0 Å². The zero-order valence-electron chi connectivity index (χ0n) is 12.5. The maximum Gasteiger partial charge on any atom is 0.321 e. The molecule has 1 aromatic heterocycles. The molecule has 1 fully saturated rings. The largest absolute Gasteiger partial charge is 0.370 e. The van der Waals surface area contributed by atoms with Gasteiger partial charge in [-0.15, -0.1) is 0 Å². The fourth-order valence-corrected chi connectivity index (χ4v) is 2.56. The maximum absolute atomic E-state index is 5.76. The lowest BCUT2D eigenvalue weighted by Gasteiger charge is -2.40. The van der Waals surface area contributed by atoms with Crippen molar-refractivity contribution < 1.29 is 9.26 Å². The van der Waals surface area contributed by atoms with Crippen LogP contribution in [0.2, 0.25) is 0 Å². The number of ether oxygens (including phenoxy) is 1. The van der Waals surface area contributed by atoms with E-state index in [0.717, 1.165) is 38.6 Å². The molecule has 5 heteroatoms. The Morgan fingerprint density at radius 1 is 1.26 bits per heavy atom. The van der Waals surface area contributed by atoms with E-state index in [4.69, 9.17) is 9.26 Å². The van der Waals surface area contributed by atoms with Crippen LogP contribution < -0.4 is 5.32 Å². The smallest absolute Gasteiger partial charge is 0.321 e. The van der Waals surface area contributed by atoms with Crippen LogP contribution in [-0.4, -0.2) is 23.8 Å². The molecule has 0 radical (unpaired) electrons. The molecular weight excluding hydrogens is 242 g/mol. The first-order valence-electron chi connectivity index (χ1n) is 7.14. The number of hydrogen-bond acceptors (Lipinski definition) is 5. The number of methoxy groups -OCH3 is 1. The average molecular weight is 267 g/mol. The normalized spacial score (nSPS) is 21.3. The lowest BCUT2D eigenvalue weighted by Crippen LogP contribution is -2.37. The van der Waals surface area contributed by atoms with Gasteiger partial charge in [-0.2, -0.15) is 4.98 Å². The van der Waals surface area contributed by atoms with Gasteiger partial charge in [0, 0.05) is 13.7 Å². The van der Waals surface area contributed by atoms with Crippen LogP contribution in [0.3, 0.4) is 0 Å². The minimum Gasteiger partial charge on any atom is -0.370 e. The summed E-state index contributed by atoms with van der Waals surface area (Å²) in [6, 6.07) is 0.498. The van der Waals surface area contributed by atoms with Crippen molar-refractivity contribution in [3.63, 3.8) is 0 Å². The van der Waals surface area contributed by atoms with Gasteiger partial charge in [0.2, 0.25) is 5.82 Å². The van der Waals surface area contributed by atoms with Crippen molar-refractivity contribution in [2.24, 2.45) is 5.41 Å². The SMILES string of the molecule is CCCNc1nc(C2(OC)CCC(C)(C)CC2)no1. The van der Waals surface area contributed by atoms with Crippen molar-refractivity contribution in [3.05, 3.63) is 5.82 Å². The van der Waals surface area contributed by atoms with E-state index in [2.05, 4.69) is 36.2 Å². The quantitative estimate of drug-likeness (QED) is 0.886. The Hall–Kier alpha value is -1.10. The molecule has 0 bridgehead atoms. The van der Waals surface area contributed by atoms with Crippen LogP contribution in [0.1, 0.15) is 58.7 Å². The molecule has 1 aliphatic carbocycles. The lowest BCUT2D eigenvalue weighted by atomic mass is 9.70. The zero-order valence-corrected chi connectivity index (χ0v) is 12.5. The van der Waals surface area contributed by atoms with Crippen LogP contribution in [0.5, 0.6) is 0 Å². The highest BCUT2D eigenvalue weighted by atomic mass is 16.5. The number of rotatable bonds is 5. The molecule has 1 aromatic rings. The fraction of sp³-hybridized carbons (Fsp3) is 0.857. The molecule has 0 saturated heterocycles. The molecule has 1 N–H and O–H groups in total. The van der Waals surface area contributed by atoms with Crippen LogP contribution >= 0.6 is 0 Å². The van der Waals surface area contributed by atoms with Gasteiger partial charge in [0.25, 0.3) is 0 Å². The van der Waals surface area contributed by atoms with Gasteiger partial charge >= 0.3 is 6.01 Å². The van der Waals surface area contributed by atoms with Crippen molar-refractivity contribution in [2.75, 3.05) is 19.0 Å². The topological polar surface area (TPSA) is 60.2 Å². The summed E-state index contributed by atoms with van der Waals surface area (Å²) in [6.45, 7) is 7.55. The molecule has 0 spiro atoms. The Morgan fingerprint density at radius 2 is 1.95 bits per heavy atom. The summed E-state index contributed by atoms with van der Waals surface area (Å²) >= 11 is 0. The summed E-state index contributed by atoms with van der Waals surface area (Å²) in [5, 5.41) is 7.23. The van der Waals surface area contributed by atoms with E-state index in [1.165, 1.54) is 0 Å². The molecule has 1 aliphatic rings. The Morgan fingerprint density at radius 3 is 2.53 bits per heavy atom. The number of nitrogens with one attached hydrogen (secondary N) is 1. The molecule has 0 aliphatic heterocycles. The van der Waals surface area contributed by atoms with E-state index in [9.17, 15) is 0 Å². The van der Waals surface area contributed by atoms with Gasteiger partial charge in [-0.1, -0.05) is 25.9 Å². The van der Waals surface area contributed by atoms with Gasteiger partial charge < -0.3 is 14.6 Å². The van der Waals surface area contributed by atoms with Gasteiger partial charge in [0.15, 0.2) is 0 Å². The number of hydrogen-bond donors (Lipinski definition) is 1. The van der Waals surface area contributed by atoms with Gasteiger partial charge in [0.1, 0.15) is 5.60 Å². The van der Waals surface area contributed by atoms with Crippen LogP contribution in [0.4, 0.5) is 6.01 Å². The molecule has 5 nitrogen and oxygen atoms in total. The molecule has 0 unspecified atom stereocenters. The Balaban J connectivity index is 2.11. The second-order valence-corrected chi connectivity index (χ2v) is 6.21. The molecule has 0 aromatic carbocycles. The standard InChI is InChI=1S/C14H25N3O2/c1-5-10-15-12-16-11(17-19-12)14(18-4)8-6-13(2,3)7-9-14/h5-10H2,1-4H3,(H,15,16,17). The van der Waals surface area contributed by atoms with Crippen LogP contribution in [0.25, 0.3) is 0 Å². The van der Waals surface area contributed by atoms with E-state index in [-0.39, 0.29) is 5.60 Å². The first-order valence-corrected chi connectivity index (χ1v) is 7.14. The molecule has 1 heterocycles. The second kappa shape index (κ2) is 5.49. The van der Waals surface area contributed by atoms with Crippen molar-refractivity contribution >= 4 is 6.01 Å². The van der Waals surface area contributed by atoms with Crippen molar-refractivity contribution in [1.29, 1.82) is 0 Å². The summed E-state index contributed by atoms with van der Waals surface area (Å²) in [5.74, 6) is 0.684. The third-order valence-corrected chi connectivity index (χ3v) is 4.16. The highest BCUT2D eigenvalue weighted by Gasteiger charge is 2.43. The predicted molar refractivity (Wildman–Crippen MR) is 74.0 cm³/mol. The summed E-state index contributed by atoms with van der Waals surface area (Å²) in [5.41, 5.74) is 0.0141. The van der Waals surface area contributed by atoms with E-state index in [1.54, 1.807) is 7.11 Å². The molecule has 19 heavy (non-hydrogen) atoms. The summed E-state index contributed by atoms with van der Waals surface area (Å²) in [4.78, 5) is 4.45. The Kier molecular flexibility index (Phi) is 4.13. The molecule has 0 atom stereocenters. The highest BCUT2D eigenvalue weighted by Crippen LogP contribution is 2.46. The summed E-state index contributed by atoms with van der Waals surface area (Å²) < 4.78 is 11.0. The van der Waals surface area contributed by atoms with E-state index in [1.807, 2.05) is 0 Å². The van der Waals surface area contributed by atoms with Crippen molar-refractivity contribution in [1.82, 2.24) is 10.1 Å². The maximum atomic E-state index is 5.76. The summed E-state index contributed by atoms with van der Waals surface area (Å²) in [7, 11) is 1.74. The van der Waals surface area contributed by atoms with Gasteiger partial charge in [-0.05, 0) is 37.5 Å².